The molecule has 1 aromatic carbocycles. The van der Waals surface area contributed by atoms with Gasteiger partial charge >= 0.3 is 0 Å². The standard InChI is InChI=1S/C12H16Br2ClNO2S/c1-3-12(2,6-7-15)16-19(17,18)11-8-9(13)4-5-10(11)14/h4-5,8,16H,3,6-7H2,1-2H3. The second kappa shape index (κ2) is 6.89. The minimum atomic E-state index is -3.59. The highest BCUT2D eigenvalue weighted by molar-refractivity contribution is 9.11. The molecule has 0 aliphatic carbocycles. The van der Waals surface area contributed by atoms with E-state index >= 15 is 0 Å². The molecule has 1 aromatic rings. The van der Waals surface area contributed by atoms with Gasteiger partial charge in [0.25, 0.3) is 0 Å². The highest BCUT2D eigenvalue weighted by atomic mass is 79.9. The van der Waals surface area contributed by atoms with Gasteiger partial charge in [-0.15, -0.1) is 11.6 Å². The van der Waals surface area contributed by atoms with Gasteiger partial charge in [-0.05, 0) is 53.9 Å². The van der Waals surface area contributed by atoms with Crippen LogP contribution in [0.2, 0.25) is 0 Å². The maximum Gasteiger partial charge on any atom is 0.242 e. The second-order valence-electron chi connectivity index (χ2n) is 4.53. The van der Waals surface area contributed by atoms with E-state index in [-0.39, 0.29) is 4.90 Å². The predicted octanol–water partition coefficient (Wildman–Crippen LogP) is 4.29. The van der Waals surface area contributed by atoms with Crippen LogP contribution >= 0.6 is 43.5 Å². The molecule has 0 radical (unpaired) electrons. The van der Waals surface area contributed by atoms with Crippen molar-refractivity contribution in [2.24, 2.45) is 0 Å². The first-order chi connectivity index (χ1) is 8.74. The Bertz CT molecular complexity index is 551. The van der Waals surface area contributed by atoms with Gasteiger partial charge in [-0.2, -0.15) is 0 Å². The largest absolute Gasteiger partial charge is 0.242 e. The lowest BCUT2D eigenvalue weighted by molar-refractivity contribution is 0.390. The Morgan fingerprint density at radius 1 is 1.37 bits per heavy atom. The second-order valence-corrected chi connectivity index (χ2v) is 8.33. The molecule has 19 heavy (non-hydrogen) atoms. The summed E-state index contributed by atoms with van der Waals surface area (Å²) in [7, 11) is -3.59. The van der Waals surface area contributed by atoms with Crippen molar-refractivity contribution >= 4 is 53.5 Å². The molecular formula is C12H16Br2ClNO2S. The average molecular weight is 434 g/mol. The van der Waals surface area contributed by atoms with Gasteiger partial charge in [0.05, 0.1) is 4.90 Å². The first-order valence-electron chi connectivity index (χ1n) is 5.79. The van der Waals surface area contributed by atoms with Crippen LogP contribution in [0.4, 0.5) is 0 Å². The number of benzene rings is 1. The molecule has 0 saturated heterocycles. The minimum absolute atomic E-state index is 0.219. The van der Waals surface area contributed by atoms with Crippen LogP contribution in [-0.4, -0.2) is 19.8 Å². The molecule has 7 heteroatoms. The fourth-order valence-corrected chi connectivity index (χ4v) is 5.00. The van der Waals surface area contributed by atoms with Gasteiger partial charge in [-0.1, -0.05) is 22.9 Å². The van der Waals surface area contributed by atoms with Crippen LogP contribution in [0.3, 0.4) is 0 Å². The summed E-state index contributed by atoms with van der Waals surface area (Å²) >= 11 is 12.3. The zero-order chi connectivity index (χ0) is 14.7. The molecule has 3 nitrogen and oxygen atoms in total. The van der Waals surface area contributed by atoms with E-state index in [1.54, 1.807) is 18.2 Å². The number of hydrogen-bond donors (Lipinski definition) is 1. The zero-order valence-corrected chi connectivity index (χ0v) is 15.5. The fourth-order valence-electron chi connectivity index (χ4n) is 1.57. The summed E-state index contributed by atoms with van der Waals surface area (Å²) in [6.45, 7) is 3.80. The van der Waals surface area contributed by atoms with Crippen LogP contribution < -0.4 is 4.72 Å². The smallest absolute Gasteiger partial charge is 0.207 e. The Morgan fingerprint density at radius 2 is 2.00 bits per heavy atom. The van der Waals surface area contributed by atoms with Crippen LogP contribution in [0.1, 0.15) is 26.7 Å². The Labute approximate surface area is 136 Å². The third-order valence-electron chi connectivity index (χ3n) is 2.99. The van der Waals surface area contributed by atoms with Crippen molar-refractivity contribution in [3.8, 4) is 0 Å². The molecule has 0 amide bonds. The summed E-state index contributed by atoms with van der Waals surface area (Å²) < 4.78 is 28.9. The number of halogens is 3. The third-order valence-corrected chi connectivity index (χ3v) is 6.30. The van der Waals surface area contributed by atoms with Gasteiger partial charge in [-0.25, -0.2) is 13.1 Å². The number of alkyl halides is 1. The molecule has 1 atom stereocenters. The highest BCUT2D eigenvalue weighted by Crippen LogP contribution is 2.27. The average Bonchev–Trinajstić information content (AvgIpc) is 2.31. The van der Waals surface area contributed by atoms with Gasteiger partial charge in [0, 0.05) is 20.4 Å². The highest BCUT2D eigenvalue weighted by Gasteiger charge is 2.29. The maximum absolute atomic E-state index is 12.4. The molecule has 1 unspecified atom stereocenters. The Balaban J connectivity index is 3.14. The molecule has 0 aliphatic rings. The van der Waals surface area contributed by atoms with Gasteiger partial charge in [0.1, 0.15) is 0 Å². The molecule has 0 fully saturated rings. The molecule has 108 valence electrons. The zero-order valence-electron chi connectivity index (χ0n) is 10.7. The maximum atomic E-state index is 12.4. The Morgan fingerprint density at radius 3 is 2.53 bits per heavy atom. The molecule has 0 heterocycles. The van der Waals surface area contributed by atoms with Gasteiger partial charge < -0.3 is 0 Å². The molecule has 0 bridgehead atoms. The fraction of sp³-hybridized carbons (Fsp3) is 0.500. The SMILES string of the molecule is CCC(C)(CCCl)NS(=O)(=O)c1cc(Br)ccc1Br. The van der Waals surface area contributed by atoms with Crippen molar-refractivity contribution in [1.82, 2.24) is 4.72 Å². The quantitative estimate of drug-likeness (QED) is 0.681. The molecule has 0 aliphatic heterocycles. The van der Waals surface area contributed by atoms with Crippen molar-refractivity contribution < 1.29 is 8.42 Å². The molecule has 1 rings (SSSR count). The Kier molecular flexibility index (Phi) is 6.32. The minimum Gasteiger partial charge on any atom is -0.207 e. The summed E-state index contributed by atoms with van der Waals surface area (Å²) in [5.41, 5.74) is -0.539. The lowest BCUT2D eigenvalue weighted by atomic mass is 9.97. The number of sulfonamides is 1. The normalized spacial score (nSPS) is 15.2. The topological polar surface area (TPSA) is 46.2 Å². The van der Waals surface area contributed by atoms with E-state index < -0.39 is 15.6 Å². The first kappa shape index (κ1) is 17.4. The Hall–Kier alpha value is 0.380. The summed E-state index contributed by atoms with van der Waals surface area (Å²) in [4.78, 5) is 0.219. The van der Waals surface area contributed by atoms with Crippen LogP contribution in [0, 0.1) is 0 Å². The lowest BCUT2D eigenvalue weighted by Crippen LogP contribution is -2.45. The summed E-state index contributed by atoms with van der Waals surface area (Å²) in [5, 5.41) is 0. The van der Waals surface area contributed by atoms with E-state index in [0.29, 0.717) is 27.7 Å². The van der Waals surface area contributed by atoms with E-state index in [0.717, 1.165) is 0 Å². The summed E-state index contributed by atoms with van der Waals surface area (Å²) in [6, 6.07) is 5.05. The van der Waals surface area contributed by atoms with E-state index in [1.807, 2.05) is 13.8 Å². The van der Waals surface area contributed by atoms with Crippen molar-refractivity contribution in [1.29, 1.82) is 0 Å². The van der Waals surface area contributed by atoms with E-state index in [2.05, 4.69) is 36.6 Å². The van der Waals surface area contributed by atoms with E-state index in [9.17, 15) is 8.42 Å². The summed E-state index contributed by atoms with van der Waals surface area (Å²) in [5.74, 6) is 0.409. The van der Waals surface area contributed by atoms with Crippen molar-refractivity contribution in [2.45, 2.75) is 37.1 Å². The van der Waals surface area contributed by atoms with Crippen LogP contribution in [0.25, 0.3) is 0 Å². The monoisotopic (exact) mass is 431 g/mol. The third kappa shape index (κ3) is 4.70. The van der Waals surface area contributed by atoms with Gasteiger partial charge in [0.2, 0.25) is 10.0 Å². The van der Waals surface area contributed by atoms with Crippen molar-refractivity contribution in [3.63, 3.8) is 0 Å². The molecule has 1 N–H and O–H groups in total. The number of hydrogen-bond acceptors (Lipinski definition) is 2. The van der Waals surface area contributed by atoms with E-state index in [1.165, 1.54) is 0 Å². The molecule has 0 aromatic heterocycles. The summed E-state index contributed by atoms with van der Waals surface area (Å²) in [6.07, 6.45) is 1.25. The first-order valence-corrected chi connectivity index (χ1v) is 9.39. The van der Waals surface area contributed by atoms with Crippen LogP contribution in [0.15, 0.2) is 32.0 Å². The lowest BCUT2D eigenvalue weighted by Gasteiger charge is -2.28. The van der Waals surface area contributed by atoms with Crippen molar-refractivity contribution in [3.05, 3.63) is 27.1 Å². The number of rotatable bonds is 6. The van der Waals surface area contributed by atoms with E-state index in [4.69, 9.17) is 11.6 Å². The van der Waals surface area contributed by atoms with Crippen LogP contribution in [0.5, 0.6) is 0 Å². The predicted molar refractivity (Wildman–Crippen MR) is 86.2 cm³/mol. The van der Waals surface area contributed by atoms with Crippen LogP contribution in [-0.2, 0) is 10.0 Å². The van der Waals surface area contributed by atoms with Gasteiger partial charge in [0.15, 0.2) is 0 Å². The molecular weight excluding hydrogens is 417 g/mol. The van der Waals surface area contributed by atoms with Gasteiger partial charge in [-0.3, -0.25) is 0 Å². The van der Waals surface area contributed by atoms with Crippen molar-refractivity contribution in [2.75, 3.05) is 5.88 Å². The number of nitrogens with one attached hydrogen (secondary N) is 1. The molecule has 0 saturated carbocycles. The molecule has 0 spiro atoms.